The monoisotopic (exact) mass is 699 g/mol. The third kappa shape index (κ3) is 6.22. The van der Waals surface area contributed by atoms with E-state index in [1.807, 2.05) is 11.9 Å². The fourth-order valence-corrected chi connectivity index (χ4v) is 7.44. The van der Waals surface area contributed by atoms with Gasteiger partial charge in [-0.05, 0) is 51.4 Å². The quantitative estimate of drug-likeness (QED) is 0.202. The van der Waals surface area contributed by atoms with Crippen LogP contribution in [0, 0.1) is 34.8 Å². The number of piperazine rings is 1. The summed E-state index contributed by atoms with van der Waals surface area (Å²) in [7, 11) is 2.04. The van der Waals surface area contributed by atoms with Gasteiger partial charge in [0.2, 0.25) is 0 Å². The van der Waals surface area contributed by atoms with Crippen LogP contribution in [0.15, 0.2) is 54.4 Å². The molecule has 2 saturated heterocycles. The number of rotatable bonds is 6. The molecule has 3 aliphatic rings. The van der Waals surface area contributed by atoms with Crippen molar-refractivity contribution in [1.29, 1.82) is 5.26 Å². The number of fused-ring (bicyclic) bond motifs is 3. The highest BCUT2D eigenvalue weighted by atomic mass is 35.5. The maximum Gasteiger partial charge on any atom is 0.410 e. The third-order valence-corrected chi connectivity index (χ3v) is 9.93. The van der Waals surface area contributed by atoms with Crippen molar-refractivity contribution in [1.82, 2.24) is 24.8 Å². The zero-order chi connectivity index (χ0) is 35.3. The molecule has 4 atom stereocenters. The first-order valence-corrected chi connectivity index (χ1v) is 16.9. The second-order valence-electron chi connectivity index (χ2n) is 14.0. The molecule has 1 amide bonds. The van der Waals surface area contributed by atoms with Gasteiger partial charge < -0.3 is 19.3 Å². The van der Waals surface area contributed by atoms with E-state index in [2.05, 4.69) is 38.8 Å². The summed E-state index contributed by atoms with van der Waals surface area (Å²) < 4.78 is 43.3. The van der Waals surface area contributed by atoms with Crippen LogP contribution in [-0.2, 0) is 4.74 Å². The summed E-state index contributed by atoms with van der Waals surface area (Å²) in [6.07, 6.45) is 5.17. The molecule has 2 aromatic carbocycles. The Bertz CT molecular complexity index is 2110. The van der Waals surface area contributed by atoms with Crippen LogP contribution < -0.4 is 9.64 Å². The van der Waals surface area contributed by atoms with Crippen molar-refractivity contribution in [3.05, 3.63) is 71.1 Å². The first kappa shape index (κ1) is 33.7. The van der Waals surface area contributed by atoms with E-state index < -0.39 is 29.4 Å². The van der Waals surface area contributed by atoms with Crippen molar-refractivity contribution < 1.29 is 23.0 Å². The molecule has 10 nitrogen and oxygen atoms in total. The zero-order valence-corrected chi connectivity index (χ0v) is 28.9. The van der Waals surface area contributed by atoms with Crippen LogP contribution in [-0.4, -0.2) is 88.4 Å². The molecule has 4 heterocycles. The summed E-state index contributed by atoms with van der Waals surface area (Å²) in [5, 5.41) is 10.8. The van der Waals surface area contributed by atoms with Crippen LogP contribution in [0.25, 0.3) is 32.9 Å². The molecule has 13 heteroatoms. The van der Waals surface area contributed by atoms with Gasteiger partial charge in [-0.2, -0.15) is 15.2 Å². The molecule has 0 radical (unpaired) electrons. The van der Waals surface area contributed by atoms with E-state index in [-0.39, 0.29) is 60.3 Å². The number of nitrogens with zero attached hydrogens (tertiary/aromatic N) is 7. The number of hydrogen-bond donors (Lipinski definition) is 0. The van der Waals surface area contributed by atoms with Gasteiger partial charge in [-0.1, -0.05) is 35.9 Å². The van der Waals surface area contributed by atoms with Crippen LogP contribution in [0.5, 0.6) is 6.01 Å². The SMILES string of the molecule is CN1C[C@H]2C=C=C[C@H]2[C@H]1COc1nc(N2CCN(C(=O)OC(C)(C)C)[C@@H](CC#N)C2)c2cnc(-c3cccc4ccc(F)c(Cl)c34)c(F)c2n1. The lowest BCUT2D eigenvalue weighted by atomic mass is 9.95. The largest absolute Gasteiger partial charge is 0.462 e. The second-order valence-corrected chi connectivity index (χ2v) is 14.4. The molecule has 4 aromatic rings. The average molecular weight is 700 g/mol. The van der Waals surface area contributed by atoms with Gasteiger partial charge >= 0.3 is 12.1 Å². The molecule has 0 N–H and O–H groups in total. The maximum atomic E-state index is 16.8. The lowest BCUT2D eigenvalue weighted by Gasteiger charge is -2.41. The number of benzene rings is 2. The predicted octanol–water partition coefficient (Wildman–Crippen LogP) is 6.77. The fourth-order valence-electron chi connectivity index (χ4n) is 7.17. The molecule has 50 heavy (non-hydrogen) atoms. The Morgan fingerprint density at radius 2 is 1.96 bits per heavy atom. The number of likely N-dealkylation sites (N-methyl/N-ethyl adjacent to an activating group) is 1. The van der Waals surface area contributed by atoms with E-state index in [0.29, 0.717) is 40.0 Å². The smallest absolute Gasteiger partial charge is 0.410 e. The number of anilines is 1. The number of nitriles is 1. The van der Waals surface area contributed by atoms with E-state index in [4.69, 9.17) is 26.1 Å². The number of halogens is 3. The van der Waals surface area contributed by atoms with E-state index in [1.165, 1.54) is 12.3 Å². The van der Waals surface area contributed by atoms with Gasteiger partial charge in [0.15, 0.2) is 5.82 Å². The van der Waals surface area contributed by atoms with Crippen molar-refractivity contribution in [2.24, 2.45) is 11.8 Å². The van der Waals surface area contributed by atoms with Crippen LogP contribution in [0.2, 0.25) is 5.02 Å². The zero-order valence-electron chi connectivity index (χ0n) is 28.2. The topological polar surface area (TPSA) is 108 Å². The van der Waals surface area contributed by atoms with Gasteiger partial charge in [0, 0.05) is 55.2 Å². The van der Waals surface area contributed by atoms with Crippen LogP contribution >= 0.6 is 11.6 Å². The van der Waals surface area contributed by atoms with Crippen molar-refractivity contribution in [3.8, 4) is 23.3 Å². The molecule has 258 valence electrons. The maximum absolute atomic E-state index is 16.8. The number of carbonyl (C=O) groups excluding carboxylic acids is 1. The Balaban J connectivity index is 1.30. The Hall–Kier alpha value is -4.82. The summed E-state index contributed by atoms with van der Waals surface area (Å²) in [6.45, 7) is 7.28. The van der Waals surface area contributed by atoms with Crippen molar-refractivity contribution in [2.45, 2.75) is 44.9 Å². The number of aromatic nitrogens is 3. The minimum Gasteiger partial charge on any atom is -0.462 e. The Morgan fingerprint density at radius 3 is 2.74 bits per heavy atom. The summed E-state index contributed by atoms with van der Waals surface area (Å²) >= 11 is 6.42. The normalized spacial score (nSPS) is 22.0. The number of pyridine rings is 1. The summed E-state index contributed by atoms with van der Waals surface area (Å²) in [6, 6.07) is 9.66. The standard InChI is InChI=1S/C37H36ClF2N7O3/c1-37(2,3)50-36(48)47-16-15-46(19-23(47)13-14-41)34-26-17-42-32(25-10-5-7-21-11-12-27(39)30(38)29(21)25)31(40)33(26)43-35(44-34)49-20-28-24-9-6-8-22(24)18-45(28)4/h5,7-12,17,22-24,28H,13,15-16,18-20H2,1-4H3/t22-,23+,24-,28-/m1/s1. The lowest BCUT2D eigenvalue weighted by molar-refractivity contribution is 0.0145. The number of amides is 1. The van der Waals surface area contributed by atoms with Crippen LogP contribution in [0.4, 0.5) is 19.4 Å². The molecule has 2 aromatic heterocycles. The molecule has 0 bridgehead atoms. The second kappa shape index (κ2) is 13.1. The average Bonchev–Trinajstić information content (AvgIpc) is 3.65. The predicted molar refractivity (Wildman–Crippen MR) is 186 cm³/mol. The first-order valence-electron chi connectivity index (χ1n) is 16.5. The molecule has 1 aliphatic carbocycles. The van der Waals surface area contributed by atoms with Crippen molar-refractivity contribution >= 4 is 45.2 Å². The summed E-state index contributed by atoms with van der Waals surface area (Å²) in [5.74, 6) is -0.431. The first-order chi connectivity index (χ1) is 23.9. The van der Waals surface area contributed by atoms with E-state index >= 15 is 4.39 Å². The van der Waals surface area contributed by atoms with Crippen molar-refractivity contribution in [2.75, 3.05) is 44.7 Å². The number of hydrogen-bond acceptors (Lipinski definition) is 9. The molecule has 0 saturated carbocycles. The Morgan fingerprint density at radius 1 is 1.14 bits per heavy atom. The van der Waals surface area contributed by atoms with Gasteiger partial charge in [0.25, 0.3) is 0 Å². The number of likely N-dealkylation sites (tertiary alicyclic amines) is 1. The van der Waals surface area contributed by atoms with Crippen LogP contribution in [0.1, 0.15) is 27.2 Å². The highest BCUT2D eigenvalue weighted by Gasteiger charge is 2.40. The fraction of sp³-hybridized carbons (Fsp3) is 0.405. The molecule has 7 rings (SSSR count). The van der Waals surface area contributed by atoms with Gasteiger partial charge in [0.05, 0.1) is 35.0 Å². The van der Waals surface area contributed by atoms with Gasteiger partial charge in [-0.15, -0.1) is 5.73 Å². The Kier molecular flexibility index (Phi) is 8.85. The van der Waals surface area contributed by atoms with E-state index in [0.717, 1.165) is 6.54 Å². The van der Waals surface area contributed by atoms with Gasteiger partial charge in [-0.3, -0.25) is 9.88 Å². The summed E-state index contributed by atoms with van der Waals surface area (Å²) in [4.78, 5) is 32.7. The molecular formula is C37H36ClF2N7O3. The summed E-state index contributed by atoms with van der Waals surface area (Å²) in [5.41, 5.74) is 2.73. The van der Waals surface area contributed by atoms with E-state index in [1.54, 1.807) is 49.9 Å². The number of carbonyl (C=O) groups is 1. The third-order valence-electron chi connectivity index (χ3n) is 9.56. The highest BCUT2D eigenvalue weighted by Crippen LogP contribution is 2.39. The Labute approximate surface area is 293 Å². The molecule has 2 fully saturated rings. The van der Waals surface area contributed by atoms with Crippen LogP contribution in [0.3, 0.4) is 0 Å². The van der Waals surface area contributed by atoms with E-state index in [9.17, 15) is 14.4 Å². The molecule has 2 aliphatic heterocycles. The van der Waals surface area contributed by atoms with Crippen molar-refractivity contribution in [3.63, 3.8) is 0 Å². The van der Waals surface area contributed by atoms with Gasteiger partial charge in [0.1, 0.15) is 35.1 Å². The molecular weight excluding hydrogens is 664 g/mol. The molecule has 0 unspecified atom stereocenters. The lowest BCUT2D eigenvalue weighted by Crippen LogP contribution is -2.56. The van der Waals surface area contributed by atoms with Gasteiger partial charge in [-0.25, -0.2) is 13.6 Å². The number of ether oxygens (including phenoxy) is 2. The highest BCUT2D eigenvalue weighted by molar-refractivity contribution is 6.36. The minimum atomic E-state index is -0.745. The minimum absolute atomic E-state index is 0.0243. The molecule has 0 spiro atoms.